The summed E-state index contributed by atoms with van der Waals surface area (Å²) in [5.74, 6) is -1.66. The minimum atomic E-state index is -0.916. The minimum absolute atomic E-state index is 0.0530. The molecule has 0 aliphatic heterocycles. The highest BCUT2D eigenvalue weighted by molar-refractivity contribution is 6.31. The third-order valence-electron chi connectivity index (χ3n) is 2.02. The summed E-state index contributed by atoms with van der Waals surface area (Å²) in [5, 5.41) is 2.66. The fraction of sp³-hybridized carbons (Fsp3) is 0.100. The Bertz CT molecular complexity index is 560. The van der Waals surface area contributed by atoms with Crippen molar-refractivity contribution >= 4 is 29.2 Å². The van der Waals surface area contributed by atoms with Gasteiger partial charge in [-0.3, -0.25) is 0 Å². The first-order chi connectivity index (χ1) is 8.54. The lowest BCUT2D eigenvalue weighted by atomic mass is 10.2. The fourth-order valence-corrected chi connectivity index (χ4v) is 1.60. The van der Waals surface area contributed by atoms with E-state index in [-0.39, 0.29) is 23.1 Å². The van der Waals surface area contributed by atoms with Gasteiger partial charge < -0.3 is 5.32 Å². The molecule has 0 radical (unpaired) electrons. The molecule has 2 aromatic rings. The molecule has 2 rings (SSSR count). The number of benzene rings is 1. The molecule has 18 heavy (non-hydrogen) atoms. The average Bonchev–Trinajstić information content (AvgIpc) is 2.29. The quantitative estimate of drug-likeness (QED) is 0.944. The summed E-state index contributed by atoms with van der Waals surface area (Å²) in [6.45, 7) is 0.202. The molecule has 0 unspecified atom stereocenters. The van der Waals surface area contributed by atoms with Gasteiger partial charge in [0, 0.05) is 6.54 Å². The first kappa shape index (κ1) is 12.9. The third-order valence-corrected chi connectivity index (χ3v) is 2.35. The van der Waals surface area contributed by atoms with Crippen molar-refractivity contribution in [1.29, 1.82) is 0 Å². The van der Waals surface area contributed by atoms with Crippen molar-refractivity contribution in [3.05, 3.63) is 46.0 Å². The largest absolute Gasteiger partial charge is 0.350 e. The van der Waals surface area contributed by atoms with Crippen molar-refractivity contribution in [2.24, 2.45) is 0 Å². The van der Waals surface area contributed by atoms with Gasteiger partial charge >= 0.3 is 0 Å². The van der Waals surface area contributed by atoms with Crippen LogP contribution in [0.15, 0.2) is 18.2 Å². The van der Waals surface area contributed by atoms with Crippen LogP contribution in [0.4, 0.5) is 14.7 Å². The summed E-state index contributed by atoms with van der Waals surface area (Å²) in [6, 6.07) is 3.56. The topological polar surface area (TPSA) is 50.7 Å². The molecule has 8 heteroatoms. The highest BCUT2D eigenvalue weighted by atomic mass is 35.5. The van der Waals surface area contributed by atoms with E-state index in [2.05, 4.69) is 20.3 Å². The van der Waals surface area contributed by atoms with Gasteiger partial charge in [-0.15, -0.1) is 0 Å². The minimum Gasteiger partial charge on any atom is -0.350 e. The Labute approximate surface area is 111 Å². The lowest BCUT2D eigenvalue weighted by Crippen LogP contribution is -2.05. The molecule has 0 aliphatic rings. The Morgan fingerprint density at radius 3 is 2.28 bits per heavy atom. The molecule has 0 saturated heterocycles. The van der Waals surface area contributed by atoms with Crippen LogP contribution in [0.2, 0.25) is 10.6 Å². The summed E-state index contributed by atoms with van der Waals surface area (Å²) in [5.41, 5.74) is 0.529. The van der Waals surface area contributed by atoms with Crippen molar-refractivity contribution in [3.8, 4) is 0 Å². The standard InChI is InChI=1S/C10H6Cl2F2N4/c11-8-16-9(12)18-10(17-8)15-4-5-1-2-6(13)7(14)3-5/h1-3H,4H2,(H,15,16,17,18). The average molecular weight is 291 g/mol. The molecule has 0 amide bonds. The van der Waals surface area contributed by atoms with Gasteiger partial charge in [0.2, 0.25) is 16.5 Å². The van der Waals surface area contributed by atoms with Crippen LogP contribution >= 0.6 is 23.2 Å². The van der Waals surface area contributed by atoms with Gasteiger partial charge in [-0.25, -0.2) is 8.78 Å². The zero-order chi connectivity index (χ0) is 13.1. The molecule has 0 fully saturated rings. The Balaban J connectivity index is 2.08. The molecule has 1 N–H and O–H groups in total. The van der Waals surface area contributed by atoms with E-state index in [0.29, 0.717) is 5.56 Å². The maximum atomic E-state index is 12.9. The summed E-state index contributed by atoms with van der Waals surface area (Å²) >= 11 is 11.2. The van der Waals surface area contributed by atoms with E-state index in [1.54, 1.807) is 0 Å². The third kappa shape index (κ3) is 3.24. The van der Waals surface area contributed by atoms with Crippen LogP contribution < -0.4 is 5.32 Å². The van der Waals surface area contributed by atoms with Gasteiger partial charge in [0.1, 0.15) is 0 Å². The maximum Gasteiger partial charge on any atom is 0.228 e. The molecule has 1 aromatic carbocycles. The highest BCUT2D eigenvalue weighted by Crippen LogP contribution is 2.12. The summed E-state index contributed by atoms with van der Waals surface area (Å²) in [7, 11) is 0. The lowest BCUT2D eigenvalue weighted by molar-refractivity contribution is 0.507. The van der Waals surface area contributed by atoms with Crippen LogP contribution in [-0.2, 0) is 6.54 Å². The number of rotatable bonds is 3. The smallest absolute Gasteiger partial charge is 0.228 e. The highest BCUT2D eigenvalue weighted by Gasteiger charge is 2.05. The van der Waals surface area contributed by atoms with Crippen LogP contribution in [-0.4, -0.2) is 15.0 Å². The fourth-order valence-electron chi connectivity index (χ4n) is 1.24. The van der Waals surface area contributed by atoms with Gasteiger partial charge in [-0.2, -0.15) is 15.0 Å². The van der Waals surface area contributed by atoms with Crippen molar-refractivity contribution < 1.29 is 8.78 Å². The maximum absolute atomic E-state index is 12.9. The van der Waals surface area contributed by atoms with Crippen LogP contribution in [0.25, 0.3) is 0 Å². The second-order valence-electron chi connectivity index (χ2n) is 3.30. The lowest BCUT2D eigenvalue weighted by Gasteiger charge is -2.05. The van der Waals surface area contributed by atoms with E-state index < -0.39 is 11.6 Å². The molecule has 0 atom stereocenters. The van der Waals surface area contributed by atoms with Crippen molar-refractivity contribution in [3.63, 3.8) is 0 Å². The van der Waals surface area contributed by atoms with Gasteiger partial charge in [0.15, 0.2) is 11.6 Å². The van der Waals surface area contributed by atoms with E-state index in [9.17, 15) is 8.78 Å². The van der Waals surface area contributed by atoms with Gasteiger partial charge in [0.25, 0.3) is 0 Å². The summed E-state index contributed by atoms with van der Waals surface area (Å²) in [4.78, 5) is 11.1. The van der Waals surface area contributed by atoms with Gasteiger partial charge in [0.05, 0.1) is 0 Å². The molecule has 0 saturated carbocycles. The number of anilines is 1. The number of halogens is 4. The first-order valence-electron chi connectivity index (χ1n) is 4.79. The van der Waals surface area contributed by atoms with E-state index in [1.165, 1.54) is 6.07 Å². The second-order valence-corrected chi connectivity index (χ2v) is 3.98. The molecular weight excluding hydrogens is 285 g/mol. The summed E-state index contributed by atoms with van der Waals surface area (Å²) in [6.07, 6.45) is 0. The molecule has 1 heterocycles. The van der Waals surface area contributed by atoms with E-state index in [0.717, 1.165) is 12.1 Å². The van der Waals surface area contributed by atoms with E-state index in [4.69, 9.17) is 23.2 Å². The molecule has 4 nitrogen and oxygen atoms in total. The Morgan fingerprint density at radius 1 is 1.00 bits per heavy atom. The second kappa shape index (κ2) is 5.41. The first-order valence-corrected chi connectivity index (χ1v) is 5.55. The molecule has 94 valence electrons. The van der Waals surface area contributed by atoms with Crippen LogP contribution in [0.3, 0.4) is 0 Å². The van der Waals surface area contributed by atoms with Crippen LogP contribution in [0.1, 0.15) is 5.56 Å². The predicted molar refractivity (Wildman–Crippen MR) is 63.5 cm³/mol. The Hall–Kier alpha value is -1.53. The SMILES string of the molecule is Fc1ccc(CNc2nc(Cl)nc(Cl)n2)cc1F. The van der Waals surface area contributed by atoms with Crippen LogP contribution in [0.5, 0.6) is 0 Å². The zero-order valence-electron chi connectivity index (χ0n) is 8.79. The van der Waals surface area contributed by atoms with Gasteiger partial charge in [-0.1, -0.05) is 6.07 Å². The predicted octanol–water partition coefficient (Wildman–Crippen LogP) is 3.07. The van der Waals surface area contributed by atoms with Crippen molar-refractivity contribution in [2.45, 2.75) is 6.54 Å². The Kier molecular flexibility index (Phi) is 3.88. The molecule has 0 spiro atoms. The number of hydrogen-bond acceptors (Lipinski definition) is 4. The zero-order valence-corrected chi connectivity index (χ0v) is 10.3. The number of aromatic nitrogens is 3. The summed E-state index contributed by atoms with van der Waals surface area (Å²) < 4.78 is 25.7. The number of nitrogens with zero attached hydrogens (tertiary/aromatic N) is 3. The molecule has 0 bridgehead atoms. The van der Waals surface area contributed by atoms with Crippen LogP contribution in [0, 0.1) is 11.6 Å². The number of nitrogens with one attached hydrogen (secondary N) is 1. The normalized spacial score (nSPS) is 10.4. The Morgan fingerprint density at radius 2 is 1.67 bits per heavy atom. The van der Waals surface area contributed by atoms with Crippen molar-refractivity contribution in [2.75, 3.05) is 5.32 Å². The van der Waals surface area contributed by atoms with E-state index >= 15 is 0 Å². The number of hydrogen-bond donors (Lipinski definition) is 1. The van der Waals surface area contributed by atoms with Gasteiger partial charge in [-0.05, 0) is 40.9 Å². The monoisotopic (exact) mass is 290 g/mol. The van der Waals surface area contributed by atoms with Crippen molar-refractivity contribution in [1.82, 2.24) is 15.0 Å². The molecule has 0 aliphatic carbocycles. The van der Waals surface area contributed by atoms with E-state index in [1.807, 2.05) is 0 Å². The molecule has 1 aromatic heterocycles. The molecular formula is C10H6Cl2F2N4.